The number of ether oxygens (including phenoxy) is 2. The number of methoxy groups -OCH3 is 1. The lowest BCUT2D eigenvalue weighted by Crippen LogP contribution is -2.45. The van der Waals surface area contributed by atoms with Gasteiger partial charge < -0.3 is 19.7 Å². The quantitative estimate of drug-likeness (QED) is 0.334. The molecule has 1 amide bonds. The third kappa shape index (κ3) is 6.70. The van der Waals surface area contributed by atoms with E-state index in [2.05, 4.69) is 29.0 Å². The summed E-state index contributed by atoms with van der Waals surface area (Å²) in [5, 5.41) is 3.69. The third-order valence-corrected chi connectivity index (χ3v) is 8.01. The van der Waals surface area contributed by atoms with Crippen LogP contribution < -0.4 is 10.2 Å². The number of fused-ring (bicyclic) bond motifs is 1. The van der Waals surface area contributed by atoms with Crippen LogP contribution in [0, 0.1) is 0 Å². The molecular formula is C30H33N5O5S. The maximum absolute atomic E-state index is 12.9. The van der Waals surface area contributed by atoms with Crippen molar-refractivity contribution in [1.82, 2.24) is 20.3 Å². The lowest BCUT2D eigenvalue weighted by molar-refractivity contribution is -0.00545. The van der Waals surface area contributed by atoms with E-state index in [4.69, 9.17) is 19.4 Å². The van der Waals surface area contributed by atoms with Gasteiger partial charge >= 0.3 is 0 Å². The first kappa shape index (κ1) is 28.6. The highest BCUT2D eigenvalue weighted by molar-refractivity contribution is 7.90. The largest absolute Gasteiger partial charge is 0.380 e. The van der Waals surface area contributed by atoms with Crippen LogP contribution in [0.5, 0.6) is 0 Å². The van der Waals surface area contributed by atoms with Gasteiger partial charge in [-0.1, -0.05) is 12.1 Å². The van der Waals surface area contributed by atoms with Crippen LogP contribution in [0.4, 0.5) is 5.82 Å². The summed E-state index contributed by atoms with van der Waals surface area (Å²) in [5.41, 5.74) is 3.58. The molecule has 2 atom stereocenters. The molecule has 0 spiro atoms. The molecule has 3 aromatic heterocycles. The van der Waals surface area contributed by atoms with Crippen molar-refractivity contribution in [3.8, 4) is 11.4 Å². The highest BCUT2D eigenvalue weighted by Gasteiger charge is 2.23. The molecule has 5 rings (SSSR count). The first-order valence-corrected chi connectivity index (χ1v) is 15.2. The average molecular weight is 576 g/mol. The third-order valence-electron chi connectivity index (χ3n) is 6.83. The van der Waals surface area contributed by atoms with Crippen molar-refractivity contribution in [2.75, 3.05) is 31.4 Å². The Balaban J connectivity index is 1.33. The zero-order valence-electron chi connectivity index (χ0n) is 23.5. The number of aromatic nitrogens is 3. The number of benzene rings is 1. The SMILES string of the molecule is COCc1ccc(C(=O)NCc2cc3nc(-c4cccc(N5C[C@@H](C)O[C@@H](C)C5)n4)ccc3cn2)cc1S(C)(=O)=O. The zero-order chi connectivity index (χ0) is 29.1. The predicted octanol–water partition coefficient (Wildman–Crippen LogP) is 3.79. The summed E-state index contributed by atoms with van der Waals surface area (Å²) in [7, 11) is -2.05. The predicted molar refractivity (Wildman–Crippen MR) is 156 cm³/mol. The smallest absolute Gasteiger partial charge is 0.251 e. The van der Waals surface area contributed by atoms with Gasteiger partial charge in [-0.3, -0.25) is 9.78 Å². The van der Waals surface area contributed by atoms with Crippen LogP contribution in [0.1, 0.15) is 35.5 Å². The standard InChI is InChI=1S/C30H33N5O5S/c1-19-16-35(17-20(2)40-19)29-7-5-6-25(34-29)26-11-10-22-14-31-24(13-27(22)33-26)15-32-30(36)21-8-9-23(18-39-3)28(12-21)41(4,37)38/h5-14,19-20H,15-18H2,1-4H3,(H,32,36)/t19-,20+. The molecule has 4 aromatic rings. The second-order valence-corrected chi connectivity index (χ2v) is 12.3. The maximum Gasteiger partial charge on any atom is 0.251 e. The van der Waals surface area contributed by atoms with E-state index in [0.29, 0.717) is 11.3 Å². The van der Waals surface area contributed by atoms with Gasteiger partial charge in [-0.15, -0.1) is 0 Å². The van der Waals surface area contributed by atoms with Gasteiger partial charge in [0.2, 0.25) is 0 Å². The number of carbonyl (C=O) groups is 1. The summed E-state index contributed by atoms with van der Waals surface area (Å²) >= 11 is 0. The highest BCUT2D eigenvalue weighted by Crippen LogP contribution is 2.24. The number of anilines is 1. The molecular weight excluding hydrogens is 542 g/mol. The number of nitrogens with zero attached hydrogens (tertiary/aromatic N) is 4. The summed E-state index contributed by atoms with van der Waals surface area (Å²) in [6, 6.07) is 16.2. The summed E-state index contributed by atoms with van der Waals surface area (Å²) in [6.45, 7) is 5.97. The van der Waals surface area contributed by atoms with Crippen LogP contribution in [0.3, 0.4) is 0 Å². The monoisotopic (exact) mass is 575 g/mol. The molecule has 0 bridgehead atoms. The maximum atomic E-state index is 12.9. The molecule has 0 saturated carbocycles. The number of pyridine rings is 3. The second kappa shape index (κ2) is 11.9. The number of morpholine rings is 1. The van der Waals surface area contributed by atoms with Gasteiger partial charge in [0.15, 0.2) is 9.84 Å². The van der Waals surface area contributed by atoms with Crippen molar-refractivity contribution < 1.29 is 22.7 Å². The fraction of sp³-hybridized carbons (Fsp3) is 0.333. The van der Waals surface area contributed by atoms with E-state index < -0.39 is 15.7 Å². The molecule has 10 nitrogen and oxygen atoms in total. The van der Waals surface area contributed by atoms with Crippen molar-refractivity contribution in [2.45, 2.75) is 44.1 Å². The summed E-state index contributed by atoms with van der Waals surface area (Å²) in [5.74, 6) is 0.481. The van der Waals surface area contributed by atoms with Gasteiger partial charge in [-0.05, 0) is 61.9 Å². The molecule has 1 N–H and O–H groups in total. The number of sulfone groups is 1. The number of rotatable bonds is 8. The lowest BCUT2D eigenvalue weighted by atomic mass is 10.1. The Bertz CT molecular complexity index is 1680. The molecule has 0 aliphatic carbocycles. The summed E-state index contributed by atoms with van der Waals surface area (Å²) in [6.07, 6.45) is 3.09. The molecule has 41 heavy (non-hydrogen) atoms. The minimum atomic E-state index is -3.54. The zero-order valence-corrected chi connectivity index (χ0v) is 24.3. The summed E-state index contributed by atoms with van der Waals surface area (Å²) in [4.78, 5) is 29.4. The molecule has 1 aliphatic rings. The lowest BCUT2D eigenvalue weighted by Gasteiger charge is -2.36. The normalized spacial score (nSPS) is 17.5. The number of carbonyl (C=O) groups excluding carboxylic acids is 1. The first-order valence-electron chi connectivity index (χ1n) is 13.3. The van der Waals surface area contributed by atoms with E-state index in [-0.39, 0.29) is 35.8 Å². The van der Waals surface area contributed by atoms with Crippen LogP contribution in [-0.4, -0.2) is 67.9 Å². The minimum absolute atomic E-state index is 0.0721. The molecule has 214 valence electrons. The van der Waals surface area contributed by atoms with E-state index in [1.54, 1.807) is 18.3 Å². The Morgan fingerprint density at radius 3 is 2.54 bits per heavy atom. The Hall–Kier alpha value is -3.93. The van der Waals surface area contributed by atoms with Gasteiger partial charge in [-0.2, -0.15) is 0 Å². The molecule has 0 radical (unpaired) electrons. The van der Waals surface area contributed by atoms with Crippen molar-refractivity contribution >= 4 is 32.5 Å². The molecule has 4 heterocycles. The van der Waals surface area contributed by atoms with Crippen LogP contribution >= 0.6 is 0 Å². The van der Waals surface area contributed by atoms with E-state index >= 15 is 0 Å². The fourth-order valence-corrected chi connectivity index (χ4v) is 5.94. The van der Waals surface area contributed by atoms with Crippen LogP contribution in [0.2, 0.25) is 0 Å². The van der Waals surface area contributed by atoms with E-state index in [1.165, 1.54) is 13.2 Å². The van der Waals surface area contributed by atoms with Crippen molar-refractivity contribution in [3.05, 3.63) is 77.6 Å². The number of hydrogen-bond acceptors (Lipinski definition) is 9. The first-order chi connectivity index (χ1) is 19.6. The number of amides is 1. The topological polar surface area (TPSA) is 124 Å². The highest BCUT2D eigenvalue weighted by atomic mass is 32.2. The van der Waals surface area contributed by atoms with Crippen LogP contribution in [0.15, 0.2) is 65.7 Å². The fourth-order valence-electron chi connectivity index (χ4n) is 4.99. The van der Waals surface area contributed by atoms with Crippen molar-refractivity contribution in [2.24, 2.45) is 0 Å². The van der Waals surface area contributed by atoms with E-state index in [1.807, 2.05) is 36.4 Å². The van der Waals surface area contributed by atoms with Gasteiger partial charge in [-0.25, -0.2) is 18.4 Å². The molecule has 0 unspecified atom stereocenters. The molecule has 11 heteroatoms. The number of nitrogens with one attached hydrogen (secondary N) is 1. The average Bonchev–Trinajstić information content (AvgIpc) is 2.95. The second-order valence-electron chi connectivity index (χ2n) is 10.3. The Kier molecular flexibility index (Phi) is 8.30. The van der Waals surface area contributed by atoms with Crippen LogP contribution in [0.25, 0.3) is 22.3 Å². The van der Waals surface area contributed by atoms with Gasteiger partial charge in [0, 0.05) is 43.6 Å². The van der Waals surface area contributed by atoms with Crippen molar-refractivity contribution in [3.63, 3.8) is 0 Å². The van der Waals surface area contributed by atoms with Gasteiger partial charge in [0.1, 0.15) is 5.82 Å². The van der Waals surface area contributed by atoms with E-state index in [0.717, 1.165) is 47.5 Å². The van der Waals surface area contributed by atoms with Crippen LogP contribution in [-0.2, 0) is 32.5 Å². The Morgan fingerprint density at radius 1 is 1.05 bits per heavy atom. The molecule has 1 saturated heterocycles. The Morgan fingerprint density at radius 2 is 1.80 bits per heavy atom. The van der Waals surface area contributed by atoms with Gasteiger partial charge in [0.05, 0.1) is 52.9 Å². The molecule has 1 aromatic carbocycles. The Labute approximate surface area is 239 Å². The van der Waals surface area contributed by atoms with Gasteiger partial charge in [0.25, 0.3) is 5.91 Å². The molecule has 1 aliphatic heterocycles. The van der Waals surface area contributed by atoms with E-state index in [9.17, 15) is 13.2 Å². The number of hydrogen-bond donors (Lipinski definition) is 1. The summed E-state index contributed by atoms with van der Waals surface area (Å²) < 4.78 is 35.4. The van der Waals surface area contributed by atoms with Crippen molar-refractivity contribution in [1.29, 1.82) is 0 Å². The minimum Gasteiger partial charge on any atom is -0.380 e. The molecule has 1 fully saturated rings.